The summed E-state index contributed by atoms with van der Waals surface area (Å²) in [6.45, 7) is 2.02. The van der Waals surface area contributed by atoms with Gasteiger partial charge in [-0.1, -0.05) is 6.92 Å². The van der Waals surface area contributed by atoms with Crippen molar-refractivity contribution in [2.75, 3.05) is 13.2 Å². The van der Waals surface area contributed by atoms with Gasteiger partial charge in [-0.15, -0.1) is 0 Å². The molecule has 1 aromatic rings. The van der Waals surface area contributed by atoms with Crippen molar-refractivity contribution >= 4 is 22.0 Å². The van der Waals surface area contributed by atoms with Gasteiger partial charge < -0.3 is 20.5 Å². The summed E-state index contributed by atoms with van der Waals surface area (Å²) in [5.74, 6) is 0.0328. The lowest BCUT2D eigenvalue weighted by molar-refractivity contribution is 0.209. The van der Waals surface area contributed by atoms with Crippen molar-refractivity contribution in [1.29, 1.82) is 0 Å². The van der Waals surface area contributed by atoms with Gasteiger partial charge in [0.25, 0.3) is 0 Å². The lowest BCUT2D eigenvalue weighted by atomic mass is 10.1. The lowest BCUT2D eigenvalue weighted by Gasteiger charge is -2.17. The summed E-state index contributed by atoms with van der Waals surface area (Å²) in [5, 5.41) is 14.5. The predicted octanol–water partition coefficient (Wildman–Crippen LogP) is 2.09. The second kappa shape index (κ2) is 6.41. The van der Waals surface area contributed by atoms with Gasteiger partial charge >= 0.3 is 6.03 Å². The maximum absolute atomic E-state index is 13.4. The fourth-order valence-electron chi connectivity index (χ4n) is 1.99. The molecule has 0 bridgehead atoms. The van der Waals surface area contributed by atoms with Crippen molar-refractivity contribution in [3.8, 4) is 5.75 Å². The highest BCUT2D eigenvalue weighted by molar-refractivity contribution is 9.10. The fraction of sp³-hybridized carbons (Fsp3) is 0.462. The number of benzene rings is 1. The van der Waals surface area contributed by atoms with E-state index in [4.69, 9.17) is 9.84 Å². The molecule has 0 saturated carbocycles. The minimum atomic E-state index is -0.403. The van der Waals surface area contributed by atoms with Gasteiger partial charge in [0.15, 0.2) is 0 Å². The van der Waals surface area contributed by atoms with Crippen LogP contribution in [0.1, 0.15) is 24.9 Å². The number of halogens is 2. The first-order valence-electron chi connectivity index (χ1n) is 6.34. The first kappa shape index (κ1) is 15.1. The highest BCUT2D eigenvalue weighted by Gasteiger charge is 2.27. The van der Waals surface area contributed by atoms with Crippen LogP contribution < -0.4 is 15.4 Å². The lowest BCUT2D eigenvalue weighted by Crippen LogP contribution is -2.45. The molecule has 0 aliphatic carbocycles. The number of carbonyl (C=O) groups is 1. The van der Waals surface area contributed by atoms with Crippen molar-refractivity contribution in [3.05, 3.63) is 28.0 Å². The minimum absolute atomic E-state index is 0.113. The number of aliphatic hydroxyl groups excluding tert-OH is 1. The number of ether oxygens (including phenoxy) is 1. The Morgan fingerprint density at radius 3 is 3.05 bits per heavy atom. The van der Waals surface area contributed by atoms with Crippen LogP contribution in [0.25, 0.3) is 0 Å². The number of hydrogen-bond donors (Lipinski definition) is 3. The van der Waals surface area contributed by atoms with Crippen molar-refractivity contribution in [3.63, 3.8) is 0 Å². The van der Waals surface area contributed by atoms with E-state index in [1.165, 1.54) is 6.07 Å². The maximum atomic E-state index is 13.4. The van der Waals surface area contributed by atoms with Gasteiger partial charge in [-0.05, 0) is 28.4 Å². The highest BCUT2D eigenvalue weighted by Crippen LogP contribution is 2.35. The summed E-state index contributed by atoms with van der Waals surface area (Å²) in [6, 6.07) is 1.90. The van der Waals surface area contributed by atoms with Crippen LogP contribution in [0, 0.1) is 5.82 Å². The zero-order valence-electron chi connectivity index (χ0n) is 11.0. The predicted molar refractivity (Wildman–Crippen MR) is 75.2 cm³/mol. The third-order valence-electron chi connectivity index (χ3n) is 3.19. The van der Waals surface area contributed by atoms with Crippen molar-refractivity contribution in [1.82, 2.24) is 10.6 Å². The first-order valence-corrected chi connectivity index (χ1v) is 7.14. The largest absolute Gasteiger partial charge is 0.491 e. The fourth-order valence-corrected chi connectivity index (χ4v) is 2.35. The van der Waals surface area contributed by atoms with Crippen LogP contribution in [0.4, 0.5) is 9.18 Å². The third kappa shape index (κ3) is 3.21. The molecule has 0 unspecified atom stereocenters. The average molecular weight is 347 g/mol. The average Bonchev–Trinajstić information content (AvgIpc) is 2.79. The minimum Gasteiger partial charge on any atom is -0.491 e. The molecule has 20 heavy (non-hydrogen) atoms. The molecule has 0 radical (unpaired) electrons. The summed E-state index contributed by atoms with van der Waals surface area (Å²) in [6.07, 6.45) is 0.637. The van der Waals surface area contributed by atoms with Gasteiger partial charge in [-0.25, -0.2) is 9.18 Å². The molecule has 0 saturated heterocycles. The van der Waals surface area contributed by atoms with Gasteiger partial charge in [-0.3, -0.25) is 0 Å². The molecule has 2 rings (SSSR count). The van der Waals surface area contributed by atoms with Crippen LogP contribution in [0.2, 0.25) is 0 Å². The zero-order chi connectivity index (χ0) is 14.7. The van der Waals surface area contributed by atoms with Crippen LogP contribution in [-0.4, -0.2) is 30.4 Å². The number of urea groups is 1. The number of rotatable bonds is 4. The quantitative estimate of drug-likeness (QED) is 0.781. The van der Waals surface area contributed by atoms with E-state index in [1.54, 1.807) is 6.07 Å². The van der Waals surface area contributed by atoms with Gasteiger partial charge in [0.1, 0.15) is 18.2 Å². The molecule has 2 atom stereocenters. The first-order chi connectivity index (χ1) is 9.55. The SMILES string of the molecule is CC[C@@H](CO)NC(=O)N[C@H]1COc2cc(F)c(Br)cc21. The number of hydrogen-bond acceptors (Lipinski definition) is 3. The van der Waals surface area contributed by atoms with E-state index in [1.807, 2.05) is 6.92 Å². The van der Waals surface area contributed by atoms with Crippen molar-refractivity contribution in [2.24, 2.45) is 0 Å². The molecule has 1 aliphatic rings. The number of nitrogens with one attached hydrogen (secondary N) is 2. The van der Waals surface area contributed by atoms with E-state index in [-0.39, 0.29) is 31.3 Å². The van der Waals surface area contributed by atoms with E-state index in [0.29, 0.717) is 16.6 Å². The second-order valence-corrected chi connectivity index (χ2v) is 5.43. The Labute approximate surface area is 124 Å². The molecule has 1 heterocycles. The van der Waals surface area contributed by atoms with Crippen LogP contribution in [0.15, 0.2) is 16.6 Å². The monoisotopic (exact) mass is 346 g/mol. The Hall–Kier alpha value is -1.34. The van der Waals surface area contributed by atoms with E-state index >= 15 is 0 Å². The molecule has 1 aliphatic heterocycles. The van der Waals surface area contributed by atoms with Crippen LogP contribution in [0.3, 0.4) is 0 Å². The third-order valence-corrected chi connectivity index (χ3v) is 3.80. The topological polar surface area (TPSA) is 70.6 Å². The van der Waals surface area contributed by atoms with Gasteiger partial charge in [0, 0.05) is 11.6 Å². The molecule has 3 N–H and O–H groups in total. The number of carbonyl (C=O) groups excluding carboxylic acids is 1. The molecule has 2 amide bonds. The molecular weight excluding hydrogens is 331 g/mol. The smallest absolute Gasteiger partial charge is 0.315 e. The molecule has 7 heteroatoms. The highest BCUT2D eigenvalue weighted by atomic mass is 79.9. The Bertz CT molecular complexity index is 509. The maximum Gasteiger partial charge on any atom is 0.315 e. The van der Waals surface area contributed by atoms with Crippen molar-refractivity contribution < 1.29 is 19.0 Å². The van der Waals surface area contributed by atoms with Gasteiger partial charge in [0.2, 0.25) is 0 Å². The normalized spacial score (nSPS) is 18.1. The van der Waals surface area contributed by atoms with Gasteiger partial charge in [0.05, 0.1) is 23.2 Å². The zero-order valence-corrected chi connectivity index (χ0v) is 12.5. The number of fused-ring (bicyclic) bond motifs is 1. The Morgan fingerprint density at radius 2 is 2.40 bits per heavy atom. The molecule has 110 valence electrons. The summed E-state index contributed by atoms with van der Waals surface area (Å²) in [4.78, 5) is 11.8. The van der Waals surface area contributed by atoms with E-state index < -0.39 is 5.82 Å². The summed E-state index contributed by atoms with van der Waals surface area (Å²) < 4.78 is 19.1. The van der Waals surface area contributed by atoms with Crippen LogP contribution >= 0.6 is 15.9 Å². The summed E-state index contributed by atoms with van der Waals surface area (Å²) >= 11 is 3.11. The van der Waals surface area contributed by atoms with E-state index in [0.717, 1.165) is 5.56 Å². The Morgan fingerprint density at radius 1 is 1.65 bits per heavy atom. The van der Waals surface area contributed by atoms with Crippen molar-refractivity contribution in [2.45, 2.75) is 25.4 Å². The Kier molecular flexibility index (Phi) is 4.82. The number of amides is 2. The molecule has 0 fully saturated rings. The summed E-state index contributed by atoms with van der Waals surface area (Å²) in [5.41, 5.74) is 0.727. The molecule has 1 aromatic carbocycles. The molecular formula is C13H16BrFN2O3. The standard InChI is InChI=1S/C13H16BrFN2O3/c1-2-7(5-18)16-13(19)17-11-6-20-12-4-10(15)9(14)3-8(11)12/h3-4,7,11,18H,2,5-6H2,1H3,(H2,16,17,19)/t7-,11-/m0/s1. The van der Waals surface area contributed by atoms with Gasteiger partial charge in [-0.2, -0.15) is 0 Å². The molecule has 5 nitrogen and oxygen atoms in total. The summed E-state index contributed by atoms with van der Waals surface area (Å²) in [7, 11) is 0. The van der Waals surface area contributed by atoms with Crippen LogP contribution in [0.5, 0.6) is 5.75 Å². The molecule has 0 aromatic heterocycles. The van der Waals surface area contributed by atoms with E-state index in [9.17, 15) is 9.18 Å². The van der Waals surface area contributed by atoms with E-state index in [2.05, 4.69) is 26.6 Å². The molecule has 0 spiro atoms. The Balaban J connectivity index is 2.03. The van der Waals surface area contributed by atoms with Crippen LogP contribution in [-0.2, 0) is 0 Å². The second-order valence-electron chi connectivity index (χ2n) is 4.57. The number of aliphatic hydroxyl groups is 1.